The molecule has 0 spiro atoms. The zero-order chi connectivity index (χ0) is 9.47. The zero-order valence-electron chi connectivity index (χ0n) is 7.12. The summed E-state index contributed by atoms with van der Waals surface area (Å²) < 4.78 is 22.6. The van der Waals surface area contributed by atoms with E-state index in [0.29, 0.717) is 18.7 Å². The molecular formula is C8H11NO2S2. The van der Waals surface area contributed by atoms with Crippen LogP contribution in [0.3, 0.4) is 0 Å². The van der Waals surface area contributed by atoms with Gasteiger partial charge in [0.2, 0.25) is 0 Å². The molecule has 72 valence electrons. The van der Waals surface area contributed by atoms with Crippen LogP contribution in [0.2, 0.25) is 0 Å². The van der Waals surface area contributed by atoms with Crippen molar-refractivity contribution in [1.29, 1.82) is 0 Å². The predicted molar refractivity (Wildman–Crippen MR) is 53.4 cm³/mol. The van der Waals surface area contributed by atoms with Crippen LogP contribution < -0.4 is 5.73 Å². The van der Waals surface area contributed by atoms with Gasteiger partial charge in [0.05, 0.1) is 11.5 Å². The Kier molecular flexibility index (Phi) is 2.17. The molecule has 2 rings (SSSR count). The molecule has 1 aromatic heterocycles. The molecule has 0 fully saturated rings. The zero-order valence-corrected chi connectivity index (χ0v) is 8.75. The fourth-order valence-electron chi connectivity index (χ4n) is 1.52. The molecule has 0 bridgehead atoms. The van der Waals surface area contributed by atoms with Crippen molar-refractivity contribution >= 4 is 21.2 Å². The Labute approximate surface area is 81.5 Å². The summed E-state index contributed by atoms with van der Waals surface area (Å²) in [6, 6.07) is 1.93. The van der Waals surface area contributed by atoms with E-state index in [2.05, 4.69) is 0 Å². The van der Waals surface area contributed by atoms with E-state index in [-0.39, 0.29) is 5.75 Å². The third kappa shape index (κ3) is 1.77. The first-order chi connectivity index (χ1) is 6.11. The number of sulfone groups is 1. The number of rotatable bonds is 1. The average Bonchev–Trinajstić information content (AvgIpc) is 2.44. The first kappa shape index (κ1) is 9.18. The lowest BCUT2D eigenvalue weighted by Crippen LogP contribution is -2.16. The minimum Gasteiger partial charge on any atom is -0.326 e. The molecule has 2 N–H and O–H groups in total. The largest absolute Gasteiger partial charge is 0.326 e. The van der Waals surface area contributed by atoms with Gasteiger partial charge in [0, 0.05) is 16.3 Å². The van der Waals surface area contributed by atoms with Crippen LogP contribution in [-0.4, -0.2) is 14.2 Å². The molecule has 2 heterocycles. The molecular weight excluding hydrogens is 206 g/mol. The third-order valence-corrected chi connectivity index (χ3v) is 5.00. The second-order valence-corrected chi connectivity index (χ2v) is 6.61. The predicted octanol–water partition coefficient (Wildman–Crippen LogP) is 0.678. The highest BCUT2D eigenvalue weighted by molar-refractivity contribution is 7.90. The molecule has 3 nitrogen and oxygen atoms in total. The van der Waals surface area contributed by atoms with Crippen LogP contribution in [0.15, 0.2) is 6.07 Å². The highest BCUT2D eigenvalue weighted by Gasteiger charge is 2.22. The standard InChI is InChI=1S/C8H11NO2S2/c9-4-7-3-6-5-13(10,11)2-1-8(6)12-7/h3H,1-2,4-5,9H2. The van der Waals surface area contributed by atoms with Crippen molar-refractivity contribution < 1.29 is 8.42 Å². The maximum atomic E-state index is 11.3. The molecule has 0 atom stereocenters. The van der Waals surface area contributed by atoms with E-state index in [9.17, 15) is 8.42 Å². The summed E-state index contributed by atoms with van der Waals surface area (Å²) in [5, 5.41) is 0. The second-order valence-electron chi connectivity index (χ2n) is 3.21. The van der Waals surface area contributed by atoms with Gasteiger partial charge in [0.15, 0.2) is 9.84 Å². The molecule has 0 amide bonds. The summed E-state index contributed by atoms with van der Waals surface area (Å²) in [7, 11) is -2.83. The van der Waals surface area contributed by atoms with Crippen LogP contribution in [0.25, 0.3) is 0 Å². The van der Waals surface area contributed by atoms with Crippen molar-refractivity contribution in [3.8, 4) is 0 Å². The van der Waals surface area contributed by atoms with Gasteiger partial charge >= 0.3 is 0 Å². The maximum Gasteiger partial charge on any atom is 0.154 e. The molecule has 5 heteroatoms. The van der Waals surface area contributed by atoms with E-state index in [0.717, 1.165) is 10.4 Å². The Balaban J connectivity index is 2.40. The van der Waals surface area contributed by atoms with Crippen molar-refractivity contribution in [3.05, 3.63) is 21.4 Å². The van der Waals surface area contributed by atoms with Gasteiger partial charge in [-0.25, -0.2) is 8.42 Å². The maximum absolute atomic E-state index is 11.3. The molecule has 0 saturated heterocycles. The number of fused-ring (bicyclic) bond motifs is 1. The van der Waals surface area contributed by atoms with Crippen molar-refractivity contribution in [2.24, 2.45) is 5.73 Å². The number of nitrogens with two attached hydrogens (primary N) is 1. The normalized spacial score (nSPS) is 19.8. The number of hydrogen-bond donors (Lipinski definition) is 1. The second kappa shape index (κ2) is 3.08. The molecule has 0 saturated carbocycles. The Bertz CT molecular complexity index is 419. The fourth-order valence-corrected chi connectivity index (χ4v) is 4.20. The molecule has 1 aliphatic heterocycles. The van der Waals surface area contributed by atoms with E-state index in [1.165, 1.54) is 4.88 Å². The van der Waals surface area contributed by atoms with E-state index in [1.807, 2.05) is 6.07 Å². The van der Waals surface area contributed by atoms with Crippen LogP contribution in [0.4, 0.5) is 0 Å². The Morgan fingerprint density at radius 2 is 2.31 bits per heavy atom. The summed E-state index contributed by atoms with van der Waals surface area (Å²) in [6.07, 6.45) is 0.669. The van der Waals surface area contributed by atoms with Crippen molar-refractivity contribution in [3.63, 3.8) is 0 Å². The van der Waals surface area contributed by atoms with E-state index in [1.54, 1.807) is 11.3 Å². The van der Waals surface area contributed by atoms with Crippen LogP contribution in [0.5, 0.6) is 0 Å². The Morgan fingerprint density at radius 1 is 1.54 bits per heavy atom. The van der Waals surface area contributed by atoms with Gasteiger partial charge in [0.25, 0.3) is 0 Å². The Hall–Kier alpha value is -0.390. The smallest absolute Gasteiger partial charge is 0.154 e. The molecule has 0 radical (unpaired) electrons. The highest BCUT2D eigenvalue weighted by atomic mass is 32.2. The van der Waals surface area contributed by atoms with Crippen LogP contribution in [0.1, 0.15) is 15.3 Å². The molecule has 0 aliphatic carbocycles. The highest BCUT2D eigenvalue weighted by Crippen LogP contribution is 2.28. The lowest BCUT2D eigenvalue weighted by atomic mass is 10.2. The first-order valence-corrected chi connectivity index (χ1v) is 6.75. The number of hydrogen-bond acceptors (Lipinski definition) is 4. The topological polar surface area (TPSA) is 60.2 Å². The van der Waals surface area contributed by atoms with Gasteiger partial charge < -0.3 is 5.73 Å². The van der Waals surface area contributed by atoms with E-state index >= 15 is 0 Å². The molecule has 1 aromatic rings. The van der Waals surface area contributed by atoms with E-state index < -0.39 is 9.84 Å². The monoisotopic (exact) mass is 217 g/mol. The third-order valence-electron chi connectivity index (χ3n) is 2.16. The van der Waals surface area contributed by atoms with Crippen LogP contribution >= 0.6 is 11.3 Å². The van der Waals surface area contributed by atoms with Crippen molar-refractivity contribution in [2.75, 3.05) is 5.75 Å². The van der Waals surface area contributed by atoms with Crippen LogP contribution in [0, 0.1) is 0 Å². The molecule has 0 aromatic carbocycles. The SMILES string of the molecule is NCc1cc2c(s1)CCS(=O)(=O)C2. The number of aryl methyl sites for hydroxylation is 1. The first-order valence-electron chi connectivity index (χ1n) is 4.12. The molecule has 13 heavy (non-hydrogen) atoms. The van der Waals surface area contributed by atoms with Crippen LogP contribution in [-0.2, 0) is 28.6 Å². The summed E-state index contributed by atoms with van der Waals surface area (Å²) in [5.74, 6) is 0.503. The van der Waals surface area contributed by atoms with E-state index in [4.69, 9.17) is 5.73 Å². The van der Waals surface area contributed by atoms with Gasteiger partial charge in [-0.05, 0) is 18.1 Å². The summed E-state index contributed by atoms with van der Waals surface area (Å²) in [4.78, 5) is 2.29. The summed E-state index contributed by atoms with van der Waals surface area (Å²) >= 11 is 1.65. The lowest BCUT2D eigenvalue weighted by molar-refractivity contribution is 0.592. The molecule has 1 aliphatic rings. The van der Waals surface area contributed by atoms with Gasteiger partial charge in [-0.3, -0.25) is 0 Å². The minimum atomic E-state index is -2.83. The Morgan fingerprint density at radius 3 is 3.00 bits per heavy atom. The fraction of sp³-hybridized carbons (Fsp3) is 0.500. The van der Waals surface area contributed by atoms with Crippen molar-refractivity contribution in [2.45, 2.75) is 18.7 Å². The van der Waals surface area contributed by atoms with Gasteiger partial charge in [0.1, 0.15) is 0 Å². The summed E-state index contributed by atoms with van der Waals surface area (Å²) in [6.45, 7) is 0.512. The summed E-state index contributed by atoms with van der Waals surface area (Å²) in [5.41, 5.74) is 6.46. The van der Waals surface area contributed by atoms with Gasteiger partial charge in [-0.2, -0.15) is 0 Å². The lowest BCUT2D eigenvalue weighted by Gasteiger charge is -2.10. The quantitative estimate of drug-likeness (QED) is 0.752. The molecule has 0 unspecified atom stereocenters. The average molecular weight is 217 g/mol. The van der Waals surface area contributed by atoms with Crippen molar-refractivity contribution in [1.82, 2.24) is 0 Å². The van der Waals surface area contributed by atoms with Gasteiger partial charge in [-0.1, -0.05) is 0 Å². The number of thiophene rings is 1. The van der Waals surface area contributed by atoms with Gasteiger partial charge in [-0.15, -0.1) is 11.3 Å². The minimum absolute atomic E-state index is 0.207.